The zero-order valence-electron chi connectivity index (χ0n) is 17.3. The molecular formula is C21H26N6O2. The molecule has 29 heavy (non-hydrogen) atoms. The summed E-state index contributed by atoms with van der Waals surface area (Å²) in [5.74, 6) is 1.07. The van der Waals surface area contributed by atoms with Crippen molar-refractivity contribution in [3.05, 3.63) is 47.4 Å². The van der Waals surface area contributed by atoms with Crippen LogP contribution in [0.1, 0.15) is 61.9 Å². The molecule has 0 aliphatic carbocycles. The number of benzene rings is 1. The fraction of sp³-hybridized carbons (Fsp3) is 0.476. The summed E-state index contributed by atoms with van der Waals surface area (Å²) in [7, 11) is 0. The Bertz CT molecular complexity index is 999. The summed E-state index contributed by atoms with van der Waals surface area (Å²) in [6, 6.07) is 8.01. The van der Waals surface area contributed by atoms with Gasteiger partial charge in [-0.25, -0.2) is 4.68 Å². The number of hydrogen-bond acceptors (Lipinski definition) is 6. The summed E-state index contributed by atoms with van der Waals surface area (Å²) in [6.07, 6.45) is 3.34. The van der Waals surface area contributed by atoms with Crippen LogP contribution in [-0.2, 0) is 11.8 Å². The van der Waals surface area contributed by atoms with E-state index in [1.807, 2.05) is 42.3 Å². The third kappa shape index (κ3) is 3.92. The molecule has 8 nitrogen and oxygen atoms in total. The molecule has 0 N–H and O–H groups in total. The average molecular weight is 394 g/mol. The molecule has 1 aliphatic heterocycles. The summed E-state index contributed by atoms with van der Waals surface area (Å²) in [5.41, 5.74) is 2.56. The molecule has 1 fully saturated rings. The van der Waals surface area contributed by atoms with Gasteiger partial charge < -0.3 is 9.42 Å². The summed E-state index contributed by atoms with van der Waals surface area (Å²) >= 11 is 0. The second-order valence-corrected chi connectivity index (χ2v) is 8.47. The molecule has 0 saturated carbocycles. The number of carbonyl (C=O) groups is 1. The van der Waals surface area contributed by atoms with E-state index in [-0.39, 0.29) is 17.4 Å². The van der Waals surface area contributed by atoms with Crippen LogP contribution >= 0.6 is 0 Å². The number of rotatable bonds is 4. The van der Waals surface area contributed by atoms with E-state index in [0.29, 0.717) is 36.9 Å². The van der Waals surface area contributed by atoms with Crippen LogP contribution in [0.15, 0.2) is 35.0 Å². The summed E-state index contributed by atoms with van der Waals surface area (Å²) in [4.78, 5) is 19.1. The van der Waals surface area contributed by atoms with E-state index in [0.717, 1.165) is 12.0 Å². The molecule has 0 radical (unpaired) electrons. The van der Waals surface area contributed by atoms with E-state index < -0.39 is 0 Å². The largest absolute Gasteiger partial charge is 0.336 e. The summed E-state index contributed by atoms with van der Waals surface area (Å²) in [6.45, 7) is 9.76. The van der Waals surface area contributed by atoms with E-state index in [2.05, 4.69) is 41.2 Å². The van der Waals surface area contributed by atoms with Gasteiger partial charge in [0.05, 0.1) is 12.2 Å². The first-order chi connectivity index (χ1) is 13.8. The first kappa shape index (κ1) is 19.3. The van der Waals surface area contributed by atoms with Gasteiger partial charge in [0.25, 0.3) is 11.8 Å². The highest BCUT2D eigenvalue weighted by molar-refractivity contribution is 5.94. The highest BCUT2D eigenvalue weighted by atomic mass is 16.5. The van der Waals surface area contributed by atoms with Gasteiger partial charge in [-0.2, -0.15) is 4.98 Å². The van der Waals surface area contributed by atoms with Crippen LogP contribution in [0.2, 0.25) is 0 Å². The number of nitrogens with zero attached hydrogens (tertiary/aromatic N) is 6. The zero-order valence-corrected chi connectivity index (χ0v) is 17.3. The molecule has 1 atom stereocenters. The smallest absolute Gasteiger partial charge is 0.280 e. The van der Waals surface area contributed by atoms with E-state index in [4.69, 9.17) is 4.52 Å². The maximum atomic E-state index is 12.9. The van der Waals surface area contributed by atoms with Gasteiger partial charge >= 0.3 is 0 Å². The standard InChI is InChI=1S/C21H26N6O2/c1-5-18-22-19(29-24-18)17-13-27(25-23-17)16-10-11-26(12-16)20(28)14-6-8-15(9-7-14)21(2,3)4/h6-9,13,16H,5,10-12H2,1-4H3. The van der Waals surface area contributed by atoms with Crippen molar-refractivity contribution in [1.29, 1.82) is 0 Å². The number of amides is 1. The van der Waals surface area contributed by atoms with Crippen LogP contribution < -0.4 is 0 Å². The molecule has 1 amide bonds. The molecule has 0 bridgehead atoms. The first-order valence-corrected chi connectivity index (χ1v) is 9.99. The molecule has 1 aliphatic rings. The summed E-state index contributed by atoms with van der Waals surface area (Å²) < 4.78 is 7.02. The van der Waals surface area contributed by atoms with Crippen LogP contribution in [0.5, 0.6) is 0 Å². The Balaban J connectivity index is 1.43. The highest BCUT2D eigenvalue weighted by Crippen LogP contribution is 2.26. The Morgan fingerprint density at radius 1 is 1.24 bits per heavy atom. The second-order valence-electron chi connectivity index (χ2n) is 8.47. The Morgan fingerprint density at radius 2 is 2.00 bits per heavy atom. The molecule has 4 rings (SSSR count). The van der Waals surface area contributed by atoms with Crippen LogP contribution in [-0.4, -0.2) is 49.0 Å². The van der Waals surface area contributed by atoms with E-state index >= 15 is 0 Å². The van der Waals surface area contributed by atoms with E-state index in [9.17, 15) is 4.79 Å². The van der Waals surface area contributed by atoms with Gasteiger partial charge in [0, 0.05) is 25.1 Å². The molecule has 152 valence electrons. The molecule has 3 aromatic rings. The fourth-order valence-corrected chi connectivity index (χ4v) is 3.49. The van der Waals surface area contributed by atoms with Gasteiger partial charge in [-0.15, -0.1) is 5.10 Å². The van der Waals surface area contributed by atoms with Gasteiger partial charge in [-0.3, -0.25) is 4.79 Å². The molecule has 1 aromatic carbocycles. The molecule has 1 saturated heterocycles. The van der Waals surface area contributed by atoms with Crippen LogP contribution in [0.25, 0.3) is 11.6 Å². The van der Waals surface area contributed by atoms with Crippen LogP contribution in [0.4, 0.5) is 0 Å². The van der Waals surface area contributed by atoms with Crippen molar-refractivity contribution in [2.45, 2.75) is 52.0 Å². The Hall–Kier alpha value is -3.03. The number of likely N-dealkylation sites (tertiary alicyclic amines) is 1. The Labute approximate surface area is 169 Å². The van der Waals surface area contributed by atoms with Crippen molar-refractivity contribution >= 4 is 5.91 Å². The second kappa shape index (κ2) is 7.42. The molecule has 2 aromatic heterocycles. The third-order valence-electron chi connectivity index (χ3n) is 5.34. The number of aromatic nitrogens is 5. The zero-order chi connectivity index (χ0) is 20.6. The van der Waals surface area contributed by atoms with Gasteiger partial charge in [-0.1, -0.05) is 50.2 Å². The predicted octanol–water partition coefficient (Wildman–Crippen LogP) is 3.28. The highest BCUT2D eigenvalue weighted by Gasteiger charge is 2.29. The molecule has 8 heteroatoms. The molecular weight excluding hydrogens is 368 g/mol. The van der Waals surface area contributed by atoms with E-state index in [1.165, 1.54) is 5.56 Å². The maximum absolute atomic E-state index is 12.9. The number of hydrogen-bond donors (Lipinski definition) is 0. The van der Waals surface area contributed by atoms with Crippen LogP contribution in [0.3, 0.4) is 0 Å². The minimum Gasteiger partial charge on any atom is -0.336 e. The van der Waals surface area contributed by atoms with Gasteiger partial charge in [0.1, 0.15) is 0 Å². The minimum absolute atomic E-state index is 0.0535. The van der Waals surface area contributed by atoms with Crippen molar-refractivity contribution < 1.29 is 9.32 Å². The lowest BCUT2D eigenvalue weighted by Gasteiger charge is -2.20. The Morgan fingerprint density at radius 3 is 2.66 bits per heavy atom. The van der Waals surface area contributed by atoms with Crippen molar-refractivity contribution in [2.24, 2.45) is 0 Å². The van der Waals surface area contributed by atoms with E-state index in [1.54, 1.807) is 4.68 Å². The van der Waals surface area contributed by atoms with Crippen molar-refractivity contribution in [3.8, 4) is 11.6 Å². The van der Waals surface area contributed by atoms with Gasteiger partial charge in [0.15, 0.2) is 11.5 Å². The molecule has 0 spiro atoms. The summed E-state index contributed by atoms with van der Waals surface area (Å²) in [5, 5.41) is 12.3. The van der Waals surface area contributed by atoms with Gasteiger partial charge in [-0.05, 0) is 29.5 Å². The lowest BCUT2D eigenvalue weighted by Crippen LogP contribution is -2.29. The third-order valence-corrected chi connectivity index (χ3v) is 5.34. The lowest BCUT2D eigenvalue weighted by molar-refractivity contribution is 0.0787. The molecule has 3 heterocycles. The number of aryl methyl sites for hydroxylation is 1. The average Bonchev–Trinajstić information content (AvgIpc) is 3.46. The molecule has 1 unspecified atom stereocenters. The quantitative estimate of drug-likeness (QED) is 0.675. The normalized spacial score (nSPS) is 17.1. The SMILES string of the molecule is CCc1noc(-c2cn(C3CCN(C(=O)c4ccc(C(C)(C)C)cc4)C3)nn2)n1. The topological polar surface area (TPSA) is 89.9 Å². The van der Waals surface area contributed by atoms with Gasteiger partial charge in [0.2, 0.25) is 0 Å². The van der Waals surface area contributed by atoms with Crippen molar-refractivity contribution in [2.75, 3.05) is 13.1 Å². The van der Waals surface area contributed by atoms with Crippen molar-refractivity contribution in [3.63, 3.8) is 0 Å². The number of carbonyl (C=O) groups excluding carboxylic acids is 1. The fourth-order valence-electron chi connectivity index (χ4n) is 3.49. The lowest BCUT2D eigenvalue weighted by atomic mass is 9.86. The monoisotopic (exact) mass is 394 g/mol. The maximum Gasteiger partial charge on any atom is 0.280 e. The first-order valence-electron chi connectivity index (χ1n) is 9.99. The minimum atomic E-state index is 0.0535. The van der Waals surface area contributed by atoms with Crippen molar-refractivity contribution in [1.82, 2.24) is 30.0 Å². The van der Waals surface area contributed by atoms with Crippen LogP contribution in [0, 0.1) is 0 Å². The Kier molecular flexibility index (Phi) is 4.94. The predicted molar refractivity (Wildman–Crippen MR) is 107 cm³/mol.